The number of carbonyl (C=O) groups is 1. The molecule has 0 bridgehead atoms. The maximum atomic E-state index is 12.2. The van der Waals surface area contributed by atoms with Gasteiger partial charge in [-0.1, -0.05) is 23.9 Å². The molecule has 1 saturated heterocycles. The quantitative estimate of drug-likeness (QED) is 0.662. The predicted octanol–water partition coefficient (Wildman–Crippen LogP) is 3.10. The van der Waals surface area contributed by atoms with Crippen LogP contribution >= 0.6 is 11.8 Å². The average molecular weight is 417 g/mol. The van der Waals surface area contributed by atoms with Crippen molar-refractivity contribution in [2.75, 3.05) is 18.8 Å². The monoisotopic (exact) mass is 416 g/mol. The number of carbonyl (C=O) groups excluding carboxylic acids is 1. The summed E-state index contributed by atoms with van der Waals surface area (Å²) in [5, 5.41) is 11.5. The number of amides is 1. The van der Waals surface area contributed by atoms with Crippen LogP contribution in [-0.4, -0.2) is 51.9 Å². The van der Waals surface area contributed by atoms with E-state index < -0.39 is 0 Å². The minimum Gasteiger partial charge on any atom is -0.484 e. The fourth-order valence-corrected chi connectivity index (χ4v) is 4.19. The van der Waals surface area contributed by atoms with E-state index in [-0.39, 0.29) is 24.3 Å². The highest BCUT2D eigenvalue weighted by Gasteiger charge is 2.32. The minimum absolute atomic E-state index is 0.0197. The Morgan fingerprint density at radius 1 is 1.24 bits per heavy atom. The number of hydrogen-bond acceptors (Lipinski definition) is 7. The Bertz CT molecular complexity index is 844. The molecule has 2 fully saturated rings. The van der Waals surface area contributed by atoms with Crippen molar-refractivity contribution < 1.29 is 13.9 Å². The van der Waals surface area contributed by atoms with Gasteiger partial charge in [0.25, 0.3) is 11.1 Å². The van der Waals surface area contributed by atoms with Crippen LogP contribution in [-0.2, 0) is 11.4 Å². The molecule has 0 unspecified atom stereocenters. The first-order valence-electron chi connectivity index (χ1n) is 10.3. The maximum Gasteiger partial charge on any atom is 0.277 e. The predicted molar refractivity (Wildman–Crippen MR) is 111 cm³/mol. The first kappa shape index (κ1) is 20.2. The van der Waals surface area contributed by atoms with Crippen molar-refractivity contribution in [3.8, 4) is 5.75 Å². The number of ether oxygens (including phenoxy) is 1. The van der Waals surface area contributed by atoms with E-state index >= 15 is 0 Å². The Morgan fingerprint density at radius 2 is 2.03 bits per heavy atom. The molecular formula is C21H28N4O3S. The second-order valence-corrected chi connectivity index (χ2v) is 8.84. The van der Waals surface area contributed by atoms with Gasteiger partial charge >= 0.3 is 0 Å². The van der Waals surface area contributed by atoms with Crippen molar-refractivity contribution >= 4 is 17.7 Å². The minimum atomic E-state index is 0.0197. The second-order valence-electron chi connectivity index (χ2n) is 7.92. The van der Waals surface area contributed by atoms with Gasteiger partial charge in [0.05, 0.1) is 5.75 Å². The number of nitrogens with one attached hydrogen (secondary N) is 1. The molecule has 29 heavy (non-hydrogen) atoms. The third kappa shape index (κ3) is 5.73. The van der Waals surface area contributed by atoms with Crippen molar-refractivity contribution in [1.82, 2.24) is 20.4 Å². The standard InChI is InChI=1S/C21H28N4O3S/c1-14-3-4-15(2)18(11-14)27-12-20-23-24-21(28-20)29-13-19(26)22-16-7-9-25(10-8-16)17-5-6-17/h3-4,11,16-17H,5-10,12-13H2,1-2H3,(H,22,26). The van der Waals surface area contributed by atoms with Crippen LogP contribution in [0, 0.1) is 13.8 Å². The smallest absolute Gasteiger partial charge is 0.277 e. The van der Waals surface area contributed by atoms with E-state index in [0.717, 1.165) is 48.8 Å². The van der Waals surface area contributed by atoms with E-state index in [0.29, 0.717) is 11.1 Å². The fraction of sp³-hybridized carbons (Fsp3) is 0.571. The van der Waals surface area contributed by atoms with E-state index in [1.165, 1.54) is 24.6 Å². The van der Waals surface area contributed by atoms with E-state index in [4.69, 9.17) is 9.15 Å². The van der Waals surface area contributed by atoms with Crippen molar-refractivity contribution in [2.24, 2.45) is 0 Å². The summed E-state index contributed by atoms with van der Waals surface area (Å²) < 4.78 is 11.4. The van der Waals surface area contributed by atoms with Gasteiger partial charge in [-0.15, -0.1) is 10.2 Å². The van der Waals surface area contributed by atoms with Crippen LogP contribution in [0.3, 0.4) is 0 Å². The van der Waals surface area contributed by atoms with E-state index in [2.05, 4.69) is 20.4 Å². The Balaban J connectivity index is 1.18. The van der Waals surface area contributed by atoms with Gasteiger partial charge in [-0.05, 0) is 56.7 Å². The van der Waals surface area contributed by atoms with Gasteiger partial charge in [-0.25, -0.2) is 0 Å². The molecule has 8 heteroatoms. The Kier molecular flexibility index (Phi) is 6.40. The topological polar surface area (TPSA) is 80.5 Å². The van der Waals surface area contributed by atoms with Gasteiger partial charge in [0.2, 0.25) is 5.91 Å². The lowest BCUT2D eigenvalue weighted by Crippen LogP contribution is -2.45. The van der Waals surface area contributed by atoms with Crippen molar-refractivity contribution in [3.05, 3.63) is 35.2 Å². The van der Waals surface area contributed by atoms with Crippen LogP contribution < -0.4 is 10.1 Å². The molecule has 2 aliphatic rings. The number of aromatic nitrogens is 2. The summed E-state index contributed by atoms with van der Waals surface area (Å²) in [4.78, 5) is 14.8. The molecule has 0 radical (unpaired) electrons. The van der Waals surface area contributed by atoms with Crippen molar-refractivity contribution in [1.29, 1.82) is 0 Å². The molecule has 1 amide bonds. The maximum absolute atomic E-state index is 12.2. The van der Waals surface area contributed by atoms with Crippen molar-refractivity contribution in [3.63, 3.8) is 0 Å². The zero-order valence-electron chi connectivity index (χ0n) is 17.0. The molecule has 1 saturated carbocycles. The Labute approximate surface area is 175 Å². The third-order valence-corrected chi connectivity index (χ3v) is 6.25. The van der Waals surface area contributed by atoms with Gasteiger partial charge in [0.1, 0.15) is 5.75 Å². The first-order chi connectivity index (χ1) is 14.1. The summed E-state index contributed by atoms with van der Waals surface area (Å²) >= 11 is 1.26. The number of hydrogen-bond donors (Lipinski definition) is 1. The molecule has 1 aliphatic carbocycles. The summed E-state index contributed by atoms with van der Waals surface area (Å²) in [6.45, 7) is 6.42. The molecule has 156 valence electrons. The number of nitrogens with zero attached hydrogens (tertiary/aromatic N) is 3. The SMILES string of the molecule is Cc1ccc(C)c(OCc2nnc(SCC(=O)NC3CCN(C4CC4)CC3)o2)c1. The Morgan fingerprint density at radius 3 is 2.79 bits per heavy atom. The number of rotatable bonds is 8. The molecule has 2 aromatic rings. The first-order valence-corrected chi connectivity index (χ1v) is 11.2. The van der Waals surface area contributed by atoms with E-state index in [9.17, 15) is 4.79 Å². The molecule has 1 aliphatic heterocycles. The van der Waals surface area contributed by atoms with Crippen molar-refractivity contribution in [2.45, 2.75) is 63.4 Å². The third-order valence-electron chi connectivity index (χ3n) is 5.43. The van der Waals surface area contributed by atoms with Crippen LogP contribution in [0.15, 0.2) is 27.8 Å². The summed E-state index contributed by atoms with van der Waals surface area (Å²) in [5.41, 5.74) is 2.20. The molecule has 0 atom stereocenters. The molecular weight excluding hydrogens is 388 g/mol. The normalized spacial score (nSPS) is 18.0. The van der Waals surface area contributed by atoms with Crippen LogP contribution in [0.2, 0.25) is 0 Å². The van der Waals surface area contributed by atoms with Gasteiger partial charge in [0, 0.05) is 25.2 Å². The van der Waals surface area contributed by atoms with Crippen LogP contribution in [0.4, 0.5) is 0 Å². The molecule has 2 heterocycles. The fourth-order valence-electron chi connectivity index (χ4n) is 3.60. The van der Waals surface area contributed by atoms with E-state index in [1.807, 2.05) is 32.0 Å². The highest BCUT2D eigenvalue weighted by atomic mass is 32.2. The summed E-state index contributed by atoms with van der Waals surface area (Å²) in [6.07, 6.45) is 4.76. The van der Waals surface area contributed by atoms with Gasteiger partial charge in [-0.3, -0.25) is 4.79 Å². The zero-order valence-corrected chi connectivity index (χ0v) is 17.8. The van der Waals surface area contributed by atoms with Gasteiger partial charge < -0.3 is 19.4 Å². The summed E-state index contributed by atoms with van der Waals surface area (Å²) in [6, 6.07) is 7.15. The lowest BCUT2D eigenvalue weighted by atomic mass is 10.1. The number of likely N-dealkylation sites (tertiary alicyclic amines) is 1. The average Bonchev–Trinajstić information content (AvgIpc) is 3.46. The molecule has 0 spiro atoms. The summed E-state index contributed by atoms with van der Waals surface area (Å²) in [5.74, 6) is 1.51. The van der Waals surface area contributed by atoms with Crippen LogP contribution in [0.1, 0.15) is 42.7 Å². The van der Waals surface area contributed by atoms with Gasteiger partial charge in [0.15, 0.2) is 6.61 Å². The largest absolute Gasteiger partial charge is 0.484 e. The molecule has 1 aromatic heterocycles. The van der Waals surface area contributed by atoms with E-state index in [1.54, 1.807) is 0 Å². The molecule has 4 rings (SSSR count). The van der Waals surface area contributed by atoms with Gasteiger partial charge in [-0.2, -0.15) is 0 Å². The number of benzene rings is 1. The van der Waals surface area contributed by atoms with Crippen LogP contribution in [0.25, 0.3) is 0 Å². The number of piperidine rings is 1. The zero-order chi connectivity index (χ0) is 20.2. The summed E-state index contributed by atoms with van der Waals surface area (Å²) in [7, 11) is 0. The highest BCUT2D eigenvalue weighted by Crippen LogP contribution is 2.29. The lowest BCUT2D eigenvalue weighted by molar-refractivity contribution is -0.119. The second kappa shape index (κ2) is 9.17. The molecule has 1 aromatic carbocycles. The lowest BCUT2D eigenvalue weighted by Gasteiger charge is -2.32. The molecule has 1 N–H and O–H groups in total. The van der Waals surface area contributed by atoms with Crippen LogP contribution in [0.5, 0.6) is 5.75 Å². The number of aryl methyl sites for hydroxylation is 2. The highest BCUT2D eigenvalue weighted by molar-refractivity contribution is 7.99. The number of thioether (sulfide) groups is 1. The Hall–Kier alpha value is -2.06. The molecule has 7 nitrogen and oxygen atoms in total.